The highest BCUT2D eigenvalue weighted by Crippen LogP contribution is 2.21. The number of hydrogen-bond acceptors (Lipinski definition) is 12. The van der Waals surface area contributed by atoms with Crippen molar-refractivity contribution in [2.24, 2.45) is 5.92 Å². The number of Topliss-reactive ketones (excluding diaryl/α,β-unsaturated/α-hetero) is 1. The minimum atomic E-state index is -1.74. The Bertz CT molecular complexity index is 1470. The van der Waals surface area contributed by atoms with Gasteiger partial charge in [0.1, 0.15) is 36.8 Å². The van der Waals surface area contributed by atoms with E-state index in [-0.39, 0.29) is 25.8 Å². The molecule has 0 unspecified atom stereocenters. The molecule has 0 spiro atoms. The second-order valence-electron chi connectivity index (χ2n) is 13.1. The number of nitrogens with one attached hydrogen (secondary N) is 6. The number of aliphatic hydroxyl groups excluding tert-OH is 1. The van der Waals surface area contributed by atoms with Crippen LogP contribution in [0.3, 0.4) is 0 Å². The predicted molar refractivity (Wildman–Crippen MR) is 186 cm³/mol. The van der Waals surface area contributed by atoms with Gasteiger partial charge in [-0.15, -0.1) is 0 Å². The Morgan fingerprint density at radius 1 is 0.691 bits per heavy atom. The number of ketones is 1. The van der Waals surface area contributed by atoms with E-state index < -0.39 is 140 Å². The number of rotatable bonds is 24. The summed E-state index contributed by atoms with van der Waals surface area (Å²) in [5, 5.41) is 50.5. The SMILES string of the molecule is CCC[C@H](NC(=O)[C@@H]1CCCN1C(=O)[C@@H](NC(=O)[C@H](CO)NC(=O)[C@H](CCC(=O)O)NC(=O)[C@H](CCC(=O)O)NC(C)=O)C(C)C)C(=O)C(=O)NCC(=O)O. The molecule has 0 aromatic rings. The molecule has 1 saturated heterocycles. The lowest BCUT2D eigenvalue weighted by molar-refractivity contribution is -0.145. The van der Waals surface area contributed by atoms with Crippen LogP contribution in [0.1, 0.15) is 79.1 Å². The zero-order chi connectivity index (χ0) is 42.0. The van der Waals surface area contributed by atoms with Gasteiger partial charge in [0.15, 0.2) is 0 Å². The molecule has 1 heterocycles. The molecule has 10 N–H and O–H groups in total. The van der Waals surface area contributed by atoms with Crippen LogP contribution >= 0.6 is 0 Å². The predicted octanol–water partition coefficient (Wildman–Crippen LogP) is -3.63. The number of amides is 7. The fourth-order valence-corrected chi connectivity index (χ4v) is 5.53. The molecule has 0 saturated carbocycles. The van der Waals surface area contributed by atoms with Gasteiger partial charge in [-0.25, -0.2) is 0 Å². The molecule has 0 aromatic heterocycles. The number of carboxylic acid groups (broad SMARTS) is 3. The quantitative estimate of drug-likeness (QED) is 0.0422. The van der Waals surface area contributed by atoms with Crippen LogP contribution < -0.4 is 31.9 Å². The molecule has 308 valence electrons. The lowest BCUT2D eigenvalue weighted by Gasteiger charge is -2.32. The van der Waals surface area contributed by atoms with Crippen molar-refractivity contribution < 1.29 is 73.2 Å². The topological polar surface area (TPSA) is 344 Å². The molecule has 0 bridgehead atoms. The maximum atomic E-state index is 13.8. The summed E-state index contributed by atoms with van der Waals surface area (Å²) in [6.07, 6.45) is -1.16. The van der Waals surface area contributed by atoms with E-state index in [4.69, 9.17) is 10.2 Å². The minimum Gasteiger partial charge on any atom is -0.481 e. The number of aliphatic carboxylic acids is 3. The highest BCUT2D eigenvalue weighted by atomic mass is 16.4. The molecule has 1 aliphatic rings. The van der Waals surface area contributed by atoms with E-state index in [1.165, 1.54) is 4.90 Å². The van der Waals surface area contributed by atoms with Gasteiger partial charge in [0.25, 0.3) is 5.91 Å². The molecule has 1 aliphatic heterocycles. The number of aliphatic hydroxyl groups is 1. The Morgan fingerprint density at radius 2 is 1.22 bits per heavy atom. The first kappa shape index (κ1) is 47.4. The Kier molecular flexibility index (Phi) is 20.0. The highest BCUT2D eigenvalue weighted by molar-refractivity contribution is 6.38. The van der Waals surface area contributed by atoms with Gasteiger partial charge in [-0.3, -0.25) is 52.7 Å². The van der Waals surface area contributed by atoms with Gasteiger partial charge >= 0.3 is 17.9 Å². The molecule has 1 rings (SSSR count). The van der Waals surface area contributed by atoms with Crippen LogP contribution in [0.15, 0.2) is 0 Å². The van der Waals surface area contributed by atoms with Crippen molar-refractivity contribution in [1.82, 2.24) is 36.8 Å². The van der Waals surface area contributed by atoms with Gasteiger partial charge in [0.2, 0.25) is 41.2 Å². The summed E-state index contributed by atoms with van der Waals surface area (Å²) in [5.41, 5.74) is 0. The monoisotopic (exact) mass is 785 g/mol. The van der Waals surface area contributed by atoms with E-state index >= 15 is 0 Å². The number of nitrogens with zero attached hydrogens (tertiary/aromatic N) is 1. The normalized spacial score (nSPS) is 16.3. The molecule has 55 heavy (non-hydrogen) atoms. The Morgan fingerprint density at radius 3 is 1.69 bits per heavy atom. The molecule has 0 aromatic carbocycles. The number of carbonyl (C=O) groups excluding carboxylic acids is 8. The van der Waals surface area contributed by atoms with Crippen molar-refractivity contribution in [3.63, 3.8) is 0 Å². The van der Waals surface area contributed by atoms with Crippen LogP contribution in [0.5, 0.6) is 0 Å². The molecule has 0 radical (unpaired) electrons. The first-order valence-corrected chi connectivity index (χ1v) is 17.6. The molecule has 0 aliphatic carbocycles. The van der Waals surface area contributed by atoms with Crippen molar-refractivity contribution in [2.75, 3.05) is 19.7 Å². The summed E-state index contributed by atoms with van der Waals surface area (Å²) in [6.45, 7) is 4.12. The van der Waals surface area contributed by atoms with Gasteiger partial charge in [0.05, 0.1) is 12.6 Å². The van der Waals surface area contributed by atoms with Gasteiger partial charge in [0, 0.05) is 26.3 Å². The summed E-state index contributed by atoms with van der Waals surface area (Å²) in [4.78, 5) is 138. The van der Waals surface area contributed by atoms with Crippen LogP contribution in [-0.2, 0) is 52.7 Å². The summed E-state index contributed by atoms with van der Waals surface area (Å²) < 4.78 is 0. The molecule has 22 heteroatoms. The summed E-state index contributed by atoms with van der Waals surface area (Å²) in [6, 6.07) is -8.55. The van der Waals surface area contributed by atoms with Crippen molar-refractivity contribution in [2.45, 2.75) is 115 Å². The number of carboxylic acids is 3. The highest BCUT2D eigenvalue weighted by Gasteiger charge is 2.41. The third-order valence-electron chi connectivity index (χ3n) is 8.34. The molecule has 22 nitrogen and oxygen atoms in total. The van der Waals surface area contributed by atoms with Gasteiger partial charge in [-0.2, -0.15) is 0 Å². The molecule has 7 amide bonds. The lowest BCUT2D eigenvalue weighted by Crippen LogP contribution is -2.61. The van der Waals surface area contributed by atoms with E-state index in [0.717, 1.165) is 6.92 Å². The number of hydrogen-bond donors (Lipinski definition) is 10. The Labute approximate surface area is 315 Å². The first-order chi connectivity index (χ1) is 25.7. The number of likely N-dealkylation sites (tertiary alicyclic amines) is 1. The summed E-state index contributed by atoms with van der Waals surface area (Å²) in [7, 11) is 0. The van der Waals surface area contributed by atoms with E-state index in [9.17, 15) is 63.0 Å². The van der Waals surface area contributed by atoms with Gasteiger partial charge < -0.3 is 57.2 Å². The zero-order valence-corrected chi connectivity index (χ0v) is 31.0. The maximum absolute atomic E-state index is 13.8. The molecular weight excluding hydrogens is 734 g/mol. The average Bonchev–Trinajstić information content (AvgIpc) is 3.60. The average molecular weight is 786 g/mol. The van der Waals surface area contributed by atoms with Crippen LogP contribution in [0.4, 0.5) is 0 Å². The third kappa shape index (κ3) is 16.1. The molecule has 1 fully saturated rings. The second kappa shape index (κ2) is 23.2. The van der Waals surface area contributed by atoms with Gasteiger partial charge in [-0.05, 0) is 38.0 Å². The fourth-order valence-electron chi connectivity index (χ4n) is 5.53. The van der Waals surface area contributed by atoms with E-state index in [0.29, 0.717) is 12.8 Å². The largest absolute Gasteiger partial charge is 0.481 e. The maximum Gasteiger partial charge on any atom is 0.322 e. The van der Waals surface area contributed by atoms with E-state index in [1.807, 2.05) is 5.32 Å². The van der Waals surface area contributed by atoms with Crippen LogP contribution in [0, 0.1) is 5.92 Å². The number of carbonyl (C=O) groups is 11. The second-order valence-corrected chi connectivity index (χ2v) is 13.1. The van der Waals surface area contributed by atoms with Crippen molar-refractivity contribution in [3.8, 4) is 0 Å². The fraction of sp³-hybridized carbons (Fsp3) is 0.667. The first-order valence-electron chi connectivity index (χ1n) is 17.6. The van der Waals surface area contributed by atoms with E-state index in [1.54, 1.807) is 20.8 Å². The molecular formula is C33H51N7O15. The third-order valence-corrected chi connectivity index (χ3v) is 8.34. The van der Waals surface area contributed by atoms with Crippen LogP contribution in [-0.4, -0.2) is 146 Å². The standard InChI is InChI=1S/C33H51N7O15/c1-5-7-18(27(49)32(54)34-14-25(47)48)36-31(53)22-8-6-13-40(22)33(55)26(16(2)3)39-30(52)21(15-41)38-29(51)20(10-12-24(45)46)37-28(50)19(35-17(4)42)9-11-23(43)44/h16,18-22,26,41H,5-15H2,1-4H3,(H,34,54)(H,35,42)(H,36,53)(H,37,50)(H,38,51)(H,39,52)(H,43,44)(H,45,46)(H,47,48)/t18-,19-,20-,21-,22-,26-/m0/s1. The molecule has 6 atom stereocenters. The van der Waals surface area contributed by atoms with Crippen LogP contribution in [0.2, 0.25) is 0 Å². The Balaban J connectivity index is 3.15. The van der Waals surface area contributed by atoms with Gasteiger partial charge in [-0.1, -0.05) is 27.2 Å². The van der Waals surface area contributed by atoms with Crippen molar-refractivity contribution >= 4 is 65.0 Å². The van der Waals surface area contributed by atoms with Crippen molar-refractivity contribution in [1.29, 1.82) is 0 Å². The Hall–Kier alpha value is -5.67. The summed E-state index contributed by atoms with van der Waals surface area (Å²) in [5.74, 6) is -12.3. The minimum absolute atomic E-state index is 0.0339. The van der Waals surface area contributed by atoms with E-state index in [2.05, 4.69) is 26.6 Å². The van der Waals surface area contributed by atoms with Crippen molar-refractivity contribution in [3.05, 3.63) is 0 Å². The lowest BCUT2D eigenvalue weighted by atomic mass is 10.0. The summed E-state index contributed by atoms with van der Waals surface area (Å²) >= 11 is 0. The van der Waals surface area contributed by atoms with Crippen LogP contribution in [0.25, 0.3) is 0 Å². The smallest absolute Gasteiger partial charge is 0.322 e. The zero-order valence-electron chi connectivity index (χ0n) is 31.0.